The Balaban J connectivity index is 1.77. The van der Waals surface area contributed by atoms with Crippen molar-refractivity contribution in [1.82, 2.24) is 15.6 Å². The Hall–Kier alpha value is -0.970. The van der Waals surface area contributed by atoms with E-state index in [-0.39, 0.29) is 0 Å². The van der Waals surface area contributed by atoms with E-state index in [9.17, 15) is 5.11 Å². The van der Waals surface area contributed by atoms with Gasteiger partial charge in [0.2, 0.25) is 0 Å². The highest BCUT2D eigenvalue weighted by molar-refractivity contribution is 5.12. The van der Waals surface area contributed by atoms with Gasteiger partial charge >= 0.3 is 0 Å². The molecule has 0 saturated carbocycles. The molecule has 0 aromatic carbocycles. The number of nitrogens with one attached hydrogen (secondary N) is 2. The zero-order chi connectivity index (χ0) is 11.2. The van der Waals surface area contributed by atoms with Crippen LogP contribution in [0.4, 0.5) is 0 Å². The lowest BCUT2D eigenvalue weighted by molar-refractivity contribution is 0.166. The molecule has 88 valence electrons. The molecule has 16 heavy (non-hydrogen) atoms. The first-order valence-corrected chi connectivity index (χ1v) is 5.88. The molecular weight excluding hydrogens is 202 g/mol. The van der Waals surface area contributed by atoms with Gasteiger partial charge < -0.3 is 15.7 Å². The van der Waals surface area contributed by atoms with Crippen molar-refractivity contribution in [1.29, 1.82) is 0 Å². The fourth-order valence-corrected chi connectivity index (χ4v) is 2.00. The number of hydrogen-bond donors (Lipinski definition) is 3. The molecule has 3 N–H and O–H groups in total. The molecule has 0 amide bonds. The van der Waals surface area contributed by atoms with Crippen LogP contribution in [0.2, 0.25) is 0 Å². The van der Waals surface area contributed by atoms with Crippen LogP contribution in [0.1, 0.15) is 24.5 Å². The van der Waals surface area contributed by atoms with Gasteiger partial charge in [-0.1, -0.05) is 6.07 Å². The summed E-state index contributed by atoms with van der Waals surface area (Å²) in [6, 6.07) is 4.29. The van der Waals surface area contributed by atoms with Crippen molar-refractivity contribution in [3.8, 4) is 0 Å². The van der Waals surface area contributed by atoms with Gasteiger partial charge in [0.1, 0.15) is 0 Å². The Morgan fingerprint density at radius 2 is 2.31 bits per heavy atom. The molecule has 1 fully saturated rings. The largest absolute Gasteiger partial charge is 0.387 e. The van der Waals surface area contributed by atoms with Gasteiger partial charge in [0, 0.05) is 30.5 Å². The van der Waals surface area contributed by atoms with E-state index in [0.29, 0.717) is 12.6 Å². The van der Waals surface area contributed by atoms with Crippen LogP contribution >= 0.6 is 0 Å². The molecule has 1 aliphatic rings. The monoisotopic (exact) mass is 221 g/mol. The van der Waals surface area contributed by atoms with Gasteiger partial charge in [-0.3, -0.25) is 4.98 Å². The molecule has 0 spiro atoms. The summed E-state index contributed by atoms with van der Waals surface area (Å²) in [6.07, 6.45) is 5.26. The zero-order valence-electron chi connectivity index (χ0n) is 9.39. The summed E-state index contributed by atoms with van der Waals surface area (Å²) in [6.45, 7) is 2.75. The number of aliphatic hydroxyl groups is 1. The maximum atomic E-state index is 9.93. The van der Waals surface area contributed by atoms with E-state index in [1.807, 2.05) is 12.1 Å². The average Bonchev–Trinajstić information content (AvgIpc) is 2.38. The highest BCUT2D eigenvalue weighted by atomic mass is 16.3. The SMILES string of the molecule is O[C@H](CNC1CCNCC1)c1cccnc1. The first kappa shape index (κ1) is 11.5. The molecule has 0 aliphatic carbocycles. The first-order valence-electron chi connectivity index (χ1n) is 5.88. The number of hydrogen-bond acceptors (Lipinski definition) is 4. The third-order valence-corrected chi connectivity index (χ3v) is 3.01. The lowest BCUT2D eigenvalue weighted by atomic mass is 10.1. The van der Waals surface area contributed by atoms with Crippen LogP contribution in [0.25, 0.3) is 0 Å². The van der Waals surface area contributed by atoms with Crippen LogP contribution in [-0.4, -0.2) is 35.8 Å². The maximum Gasteiger partial charge on any atom is 0.0929 e. The number of piperidine rings is 1. The Morgan fingerprint density at radius 1 is 1.50 bits per heavy atom. The molecule has 4 heteroatoms. The second-order valence-electron chi connectivity index (χ2n) is 4.23. The third-order valence-electron chi connectivity index (χ3n) is 3.01. The van der Waals surface area contributed by atoms with Crippen LogP contribution in [0.3, 0.4) is 0 Å². The molecule has 0 bridgehead atoms. The molecule has 1 aliphatic heterocycles. The molecule has 1 aromatic heterocycles. The Bertz CT molecular complexity index is 298. The minimum absolute atomic E-state index is 0.455. The second-order valence-corrected chi connectivity index (χ2v) is 4.23. The van der Waals surface area contributed by atoms with Gasteiger partial charge in [0.25, 0.3) is 0 Å². The van der Waals surface area contributed by atoms with E-state index in [2.05, 4.69) is 15.6 Å². The van der Waals surface area contributed by atoms with Gasteiger partial charge in [0.05, 0.1) is 6.10 Å². The van der Waals surface area contributed by atoms with E-state index in [4.69, 9.17) is 0 Å². The normalized spacial score (nSPS) is 19.6. The number of aliphatic hydroxyl groups excluding tert-OH is 1. The molecule has 1 saturated heterocycles. The molecule has 0 unspecified atom stereocenters. The van der Waals surface area contributed by atoms with E-state index < -0.39 is 6.10 Å². The fraction of sp³-hybridized carbons (Fsp3) is 0.583. The summed E-state index contributed by atoms with van der Waals surface area (Å²) in [5.74, 6) is 0. The number of aromatic nitrogens is 1. The van der Waals surface area contributed by atoms with E-state index >= 15 is 0 Å². The fourth-order valence-electron chi connectivity index (χ4n) is 2.00. The Kier molecular flexibility index (Phi) is 4.27. The summed E-state index contributed by atoms with van der Waals surface area (Å²) in [7, 11) is 0. The predicted molar refractivity (Wildman–Crippen MR) is 63.1 cm³/mol. The summed E-state index contributed by atoms with van der Waals surface area (Å²) in [4.78, 5) is 4.00. The highest BCUT2D eigenvalue weighted by Crippen LogP contribution is 2.10. The van der Waals surface area contributed by atoms with Crippen LogP contribution in [0.15, 0.2) is 24.5 Å². The highest BCUT2D eigenvalue weighted by Gasteiger charge is 2.14. The summed E-state index contributed by atoms with van der Waals surface area (Å²) < 4.78 is 0. The molecule has 0 radical (unpaired) electrons. The van der Waals surface area contributed by atoms with Gasteiger partial charge in [-0.15, -0.1) is 0 Å². The van der Waals surface area contributed by atoms with Crippen molar-refractivity contribution in [3.63, 3.8) is 0 Å². The predicted octanol–water partition coefficient (Wildman–Crippen LogP) is 0.457. The van der Waals surface area contributed by atoms with Gasteiger partial charge in [-0.25, -0.2) is 0 Å². The molecule has 1 aromatic rings. The molecular formula is C12H19N3O. The van der Waals surface area contributed by atoms with Crippen LogP contribution in [0, 0.1) is 0 Å². The van der Waals surface area contributed by atoms with Gasteiger partial charge in [-0.2, -0.15) is 0 Å². The summed E-state index contributed by atoms with van der Waals surface area (Å²) >= 11 is 0. The van der Waals surface area contributed by atoms with Gasteiger partial charge in [-0.05, 0) is 32.0 Å². The van der Waals surface area contributed by atoms with E-state index in [0.717, 1.165) is 31.5 Å². The lowest BCUT2D eigenvalue weighted by Crippen LogP contribution is -2.41. The topological polar surface area (TPSA) is 57.2 Å². The van der Waals surface area contributed by atoms with Crippen LogP contribution in [0.5, 0.6) is 0 Å². The van der Waals surface area contributed by atoms with Crippen LogP contribution < -0.4 is 10.6 Å². The van der Waals surface area contributed by atoms with Crippen LogP contribution in [-0.2, 0) is 0 Å². The van der Waals surface area contributed by atoms with Gasteiger partial charge in [0.15, 0.2) is 0 Å². The standard InChI is InChI=1S/C12H19N3O/c16-12(10-2-1-5-14-8-10)9-15-11-3-6-13-7-4-11/h1-2,5,8,11-13,15-16H,3-4,6-7,9H2/t12-/m1/s1. The van der Waals surface area contributed by atoms with E-state index in [1.54, 1.807) is 12.4 Å². The number of nitrogens with zero attached hydrogens (tertiary/aromatic N) is 1. The van der Waals surface area contributed by atoms with Crippen molar-refractivity contribution >= 4 is 0 Å². The van der Waals surface area contributed by atoms with Crippen molar-refractivity contribution in [2.75, 3.05) is 19.6 Å². The first-order chi connectivity index (χ1) is 7.86. The minimum Gasteiger partial charge on any atom is -0.387 e. The molecule has 2 heterocycles. The number of pyridine rings is 1. The van der Waals surface area contributed by atoms with E-state index in [1.165, 1.54) is 0 Å². The average molecular weight is 221 g/mol. The van der Waals surface area contributed by atoms with Crippen molar-refractivity contribution in [3.05, 3.63) is 30.1 Å². The minimum atomic E-state index is -0.455. The Morgan fingerprint density at radius 3 is 3.00 bits per heavy atom. The summed E-state index contributed by atoms with van der Waals surface area (Å²) in [5, 5.41) is 16.7. The van der Waals surface area contributed by atoms with Crippen molar-refractivity contribution < 1.29 is 5.11 Å². The molecule has 1 atom stereocenters. The number of rotatable bonds is 4. The van der Waals surface area contributed by atoms with Crippen molar-refractivity contribution in [2.24, 2.45) is 0 Å². The Labute approximate surface area is 96.1 Å². The second kappa shape index (κ2) is 5.94. The summed E-state index contributed by atoms with van der Waals surface area (Å²) in [5.41, 5.74) is 0.879. The maximum absolute atomic E-state index is 9.93. The molecule has 2 rings (SSSR count). The smallest absolute Gasteiger partial charge is 0.0929 e. The molecule has 4 nitrogen and oxygen atoms in total. The zero-order valence-corrected chi connectivity index (χ0v) is 9.39. The third kappa shape index (κ3) is 3.27. The van der Waals surface area contributed by atoms with Crippen molar-refractivity contribution in [2.45, 2.75) is 25.0 Å². The quantitative estimate of drug-likeness (QED) is 0.691. The lowest BCUT2D eigenvalue weighted by Gasteiger charge is -2.25.